The van der Waals surface area contributed by atoms with E-state index in [1.807, 2.05) is 16.9 Å². The van der Waals surface area contributed by atoms with E-state index in [9.17, 15) is 0 Å². The van der Waals surface area contributed by atoms with Crippen molar-refractivity contribution >= 4 is 0 Å². The number of hydrogen-bond acceptors (Lipinski definition) is 2. The fourth-order valence-corrected chi connectivity index (χ4v) is 0.818. The number of aromatic nitrogens is 2. The minimum Gasteiger partial charge on any atom is -0.396 e. The first-order valence-corrected chi connectivity index (χ1v) is 3.52. The lowest BCUT2D eigenvalue weighted by molar-refractivity contribution is 0.280. The molecule has 1 rings (SSSR count). The largest absolute Gasteiger partial charge is 0.396 e. The molecule has 0 saturated carbocycles. The molecule has 0 aliphatic rings. The Labute approximate surface area is 60.3 Å². The van der Waals surface area contributed by atoms with Gasteiger partial charge < -0.3 is 5.11 Å². The summed E-state index contributed by atoms with van der Waals surface area (Å²) in [5.41, 5.74) is 0. The Morgan fingerprint density at radius 3 is 2.90 bits per heavy atom. The number of aryl methyl sites for hydroxylation is 1. The molecule has 1 aromatic heterocycles. The first-order chi connectivity index (χ1) is 4.93. The molecule has 0 spiro atoms. The van der Waals surface area contributed by atoms with Crippen LogP contribution in [-0.2, 0) is 6.54 Å². The fourth-order valence-electron chi connectivity index (χ4n) is 0.818. The third-order valence-corrected chi connectivity index (χ3v) is 1.35. The summed E-state index contributed by atoms with van der Waals surface area (Å²) in [5, 5.41) is 12.5. The number of aliphatic hydroxyl groups excluding tert-OH is 1. The van der Waals surface area contributed by atoms with Crippen molar-refractivity contribution in [1.82, 2.24) is 9.78 Å². The number of nitrogens with zero attached hydrogens (tertiary/aromatic N) is 2. The normalized spacial score (nSPS) is 10.1. The van der Waals surface area contributed by atoms with Crippen LogP contribution in [0.4, 0.5) is 0 Å². The molecular formula is C7H12N2O. The minimum absolute atomic E-state index is 0.279. The highest BCUT2D eigenvalue weighted by atomic mass is 16.2. The Bertz CT molecular complexity index is 160. The Morgan fingerprint density at radius 1 is 1.40 bits per heavy atom. The highest BCUT2D eigenvalue weighted by Gasteiger charge is 1.88. The van der Waals surface area contributed by atoms with Gasteiger partial charge in [0.25, 0.3) is 0 Å². The Balaban J connectivity index is 2.15. The number of rotatable bonds is 4. The molecule has 1 N–H and O–H groups in total. The highest BCUT2D eigenvalue weighted by Crippen LogP contribution is 1.92. The van der Waals surface area contributed by atoms with Gasteiger partial charge in [-0.1, -0.05) is 0 Å². The summed E-state index contributed by atoms with van der Waals surface area (Å²) in [4.78, 5) is 0. The predicted octanol–water partition coefficient (Wildman–Crippen LogP) is 0.656. The van der Waals surface area contributed by atoms with Gasteiger partial charge in [-0.2, -0.15) is 5.10 Å². The second kappa shape index (κ2) is 4.06. The highest BCUT2D eigenvalue weighted by molar-refractivity contribution is 4.77. The Hall–Kier alpha value is -0.830. The molecule has 3 nitrogen and oxygen atoms in total. The molecule has 0 bridgehead atoms. The van der Waals surface area contributed by atoms with Gasteiger partial charge in [0.05, 0.1) is 0 Å². The lowest BCUT2D eigenvalue weighted by Crippen LogP contribution is -1.98. The van der Waals surface area contributed by atoms with Crippen LogP contribution in [0.3, 0.4) is 0 Å². The summed E-state index contributed by atoms with van der Waals surface area (Å²) in [5.74, 6) is 0. The van der Waals surface area contributed by atoms with Crippen LogP contribution in [0, 0.1) is 0 Å². The molecule has 56 valence electrons. The molecule has 0 aromatic carbocycles. The van der Waals surface area contributed by atoms with Gasteiger partial charge in [-0.15, -0.1) is 0 Å². The van der Waals surface area contributed by atoms with Gasteiger partial charge in [-0.25, -0.2) is 0 Å². The maximum Gasteiger partial charge on any atom is 0.0489 e. The lowest BCUT2D eigenvalue weighted by Gasteiger charge is -1.97. The Morgan fingerprint density at radius 2 is 2.30 bits per heavy atom. The van der Waals surface area contributed by atoms with E-state index in [1.54, 1.807) is 6.20 Å². The summed E-state index contributed by atoms with van der Waals surface area (Å²) in [7, 11) is 0. The van der Waals surface area contributed by atoms with E-state index < -0.39 is 0 Å². The summed E-state index contributed by atoms with van der Waals surface area (Å²) in [6.45, 7) is 1.19. The molecule has 0 atom stereocenters. The smallest absolute Gasteiger partial charge is 0.0489 e. The topological polar surface area (TPSA) is 38.0 Å². The quantitative estimate of drug-likeness (QED) is 0.624. The number of unbranched alkanes of at least 4 members (excludes halogenated alkanes) is 1. The van der Waals surface area contributed by atoms with Gasteiger partial charge >= 0.3 is 0 Å². The zero-order valence-corrected chi connectivity index (χ0v) is 5.90. The van der Waals surface area contributed by atoms with Crippen molar-refractivity contribution in [2.24, 2.45) is 0 Å². The van der Waals surface area contributed by atoms with E-state index >= 15 is 0 Å². The third kappa shape index (κ3) is 2.19. The van der Waals surface area contributed by atoms with Gasteiger partial charge in [0.2, 0.25) is 0 Å². The molecule has 0 radical (unpaired) electrons. The van der Waals surface area contributed by atoms with Crippen LogP contribution in [0.15, 0.2) is 18.5 Å². The first kappa shape index (κ1) is 7.28. The second-order valence-electron chi connectivity index (χ2n) is 2.20. The van der Waals surface area contributed by atoms with E-state index in [-0.39, 0.29) is 6.61 Å². The van der Waals surface area contributed by atoms with E-state index in [0.717, 1.165) is 19.4 Å². The van der Waals surface area contributed by atoms with Gasteiger partial charge in [0, 0.05) is 25.5 Å². The molecule has 3 heteroatoms. The standard InChI is InChI=1S/C7H12N2O/c10-7-2-1-5-9-6-3-4-8-9/h3-4,6,10H,1-2,5,7H2. The van der Waals surface area contributed by atoms with Crippen molar-refractivity contribution in [3.05, 3.63) is 18.5 Å². The van der Waals surface area contributed by atoms with Gasteiger partial charge in [-0.05, 0) is 18.9 Å². The minimum atomic E-state index is 0.279. The molecule has 0 unspecified atom stereocenters. The third-order valence-electron chi connectivity index (χ3n) is 1.35. The van der Waals surface area contributed by atoms with Crippen molar-refractivity contribution in [1.29, 1.82) is 0 Å². The molecule has 0 fully saturated rings. The SMILES string of the molecule is OCCCCn1cccn1. The molecule has 0 saturated heterocycles. The van der Waals surface area contributed by atoms with E-state index in [0.29, 0.717) is 0 Å². The zero-order valence-electron chi connectivity index (χ0n) is 5.90. The van der Waals surface area contributed by atoms with Crippen molar-refractivity contribution in [2.75, 3.05) is 6.61 Å². The molecule has 1 heterocycles. The monoisotopic (exact) mass is 140 g/mol. The maximum atomic E-state index is 8.47. The summed E-state index contributed by atoms with van der Waals surface area (Å²) >= 11 is 0. The van der Waals surface area contributed by atoms with Crippen LogP contribution >= 0.6 is 0 Å². The molecule has 10 heavy (non-hydrogen) atoms. The summed E-state index contributed by atoms with van der Waals surface area (Å²) < 4.78 is 1.87. The lowest BCUT2D eigenvalue weighted by atomic mass is 10.3. The van der Waals surface area contributed by atoms with Crippen LogP contribution in [-0.4, -0.2) is 21.5 Å². The van der Waals surface area contributed by atoms with Crippen LogP contribution in [0.2, 0.25) is 0 Å². The summed E-state index contributed by atoms with van der Waals surface area (Å²) in [6, 6.07) is 1.90. The zero-order chi connectivity index (χ0) is 7.23. The predicted molar refractivity (Wildman–Crippen MR) is 38.5 cm³/mol. The maximum absolute atomic E-state index is 8.47. The molecule has 0 aliphatic carbocycles. The van der Waals surface area contributed by atoms with E-state index in [2.05, 4.69) is 5.10 Å². The first-order valence-electron chi connectivity index (χ1n) is 3.52. The molecular weight excluding hydrogens is 128 g/mol. The van der Waals surface area contributed by atoms with Gasteiger partial charge in [0.15, 0.2) is 0 Å². The Kier molecular flexibility index (Phi) is 2.96. The van der Waals surface area contributed by atoms with Crippen molar-refractivity contribution in [3.63, 3.8) is 0 Å². The average Bonchev–Trinajstić information content (AvgIpc) is 2.41. The van der Waals surface area contributed by atoms with Crippen LogP contribution < -0.4 is 0 Å². The second-order valence-corrected chi connectivity index (χ2v) is 2.20. The van der Waals surface area contributed by atoms with E-state index in [1.165, 1.54) is 0 Å². The molecule has 0 aliphatic heterocycles. The summed E-state index contributed by atoms with van der Waals surface area (Å²) in [6.07, 6.45) is 5.55. The van der Waals surface area contributed by atoms with Crippen molar-refractivity contribution in [2.45, 2.75) is 19.4 Å². The average molecular weight is 140 g/mol. The van der Waals surface area contributed by atoms with Crippen molar-refractivity contribution < 1.29 is 5.11 Å². The fraction of sp³-hybridized carbons (Fsp3) is 0.571. The van der Waals surface area contributed by atoms with Crippen molar-refractivity contribution in [3.8, 4) is 0 Å². The van der Waals surface area contributed by atoms with Gasteiger partial charge in [0.1, 0.15) is 0 Å². The van der Waals surface area contributed by atoms with E-state index in [4.69, 9.17) is 5.11 Å². The van der Waals surface area contributed by atoms with Crippen LogP contribution in [0.1, 0.15) is 12.8 Å². The number of aliphatic hydroxyl groups is 1. The van der Waals surface area contributed by atoms with Crippen LogP contribution in [0.5, 0.6) is 0 Å². The molecule has 0 amide bonds. The molecule has 1 aromatic rings. The van der Waals surface area contributed by atoms with Gasteiger partial charge in [-0.3, -0.25) is 4.68 Å². The number of hydrogen-bond donors (Lipinski definition) is 1. The van der Waals surface area contributed by atoms with Crippen LogP contribution in [0.25, 0.3) is 0 Å².